The molecule has 2 atom stereocenters. The zero-order valence-electron chi connectivity index (χ0n) is 3.63. The van der Waals surface area contributed by atoms with Gasteiger partial charge in [-0.05, 0) is 6.08 Å². The van der Waals surface area contributed by atoms with Crippen molar-refractivity contribution in [2.45, 2.75) is 6.10 Å². The summed E-state index contributed by atoms with van der Waals surface area (Å²) in [6, 6.07) is 0. The summed E-state index contributed by atoms with van der Waals surface area (Å²) < 4.78 is 4.61. The van der Waals surface area contributed by atoms with E-state index in [0.717, 1.165) is 0 Å². The lowest BCUT2D eigenvalue weighted by molar-refractivity contribution is -0.176. The van der Waals surface area contributed by atoms with Crippen LogP contribution in [0, 0.1) is 5.92 Å². The maximum Gasteiger partial charge on any atom is 0.317 e. The van der Waals surface area contributed by atoms with E-state index in [-0.39, 0.29) is 18.0 Å². The third-order valence-corrected chi connectivity index (χ3v) is 1.39. The Hall–Kier alpha value is -0.790. The van der Waals surface area contributed by atoms with Gasteiger partial charge >= 0.3 is 5.97 Å². The fourth-order valence-electron chi connectivity index (χ4n) is 0.779. The minimum Gasteiger partial charge on any atom is -0.456 e. The second kappa shape index (κ2) is 0.735. The van der Waals surface area contributed by atoms with Gasteiger partial charge in [-0.25, -0.2) is 0 Å². The van der Waals surface area contributed by atoms with Crippen molar-refractivity contribution in [2.24, 2.45) is 5.92 Å². The quantitative estimate of drug-likeness (QED) is 0.316. The maximum atomic E-state index is 10.2. The Morgan fingerprint density at radius 3 is 2.43 bits per heavy atom. The molecular weight excluding hydrogens is 92.1 g/mol. The van der Waals surface area contributed by atoms with Gasteiger partial charge < -0.3 is 4.74 Å². The van der Waals surface area contributed by atoms with Crippen LogP contribution in [-0.4, -0.2) is 12.1 Å². The van der Waals surface area contributed by atoms with Gasteiger partial charge in [0.25, 0.3) is 0 Å². The van der Waals surface area contributed by atoms with Gasteiger partial charge in [-0.2, -0.15) is 0 Å². The molecule has 1 aliphatic heterocycles. The molecular formula is C5H4O2. The molecule has 0 radical (unpaired) electrons. The standard InChI is InChI=1S/C5H4O2/c6-5-3-1-2-4(3)7-5/h1-4H/t3-,4+/m1/s1. The third-order valence-electron chi connectivity index (χ3n) is 1.39. The van der Waals surface area contributed by atoms with Gasteiger partial charge in [-0.15, -0.1) is 0 Å². The van der Waals surface area contributed by atoms with Crippen LogP contribution in [0.4, 0.5) is 0 Å². The molecule has 0 unspecified atom stereocenters. The van der Waals surface area contributed by atoms with Crippen molar-refractivity contribution in [1.82, 2.24) is 0 Å². The molecule has 2 rings (SSSR count). The summed E-state index contributed by atoms with van der Waals surface area (Å²) >= 11 is 0. The summed E-state index contributed by atoms with van der Waals surface area (Å²) in [5.74, 6) is 0.0764. The Kier molecular flexibility index (Phi) is 0.340. The topological polar surface area (TPSA) is 26.3 Å². The first-order valence-corrected chi connectivity index (χ1v) is 2.27. The summed E-state index contributed by atoms with van der Waals surface area (Å²) in [7, 11) is 0. The number of esters is 1. The van der Waals surface area contributed by atoms with Crippen molar-refractivity contribution in [3.63, 3.8) is 0 Å². The van der Waals surface area contributed by atoms with Crippen LogP contribution in [0.3, 0.4) is 0 Å². The van der Waals surface area contributed by atoms with Crippen LogP contribution in [0.1, 0.15) is 0 Å². The summed E-state index contributed by atoms with van der Waals surface area (Å²) in [6.45, 7) is 0. The molecule has 0 spiro atoms. The molecule has 0 N–H and O–H groups in total. The fourth-order valence-corrected chi connectivity index (χ4v) is 0.779. The average molecular weight is 96.1 g/mol. The van der Waals surface area contributed by atoms with Crippen molar-refractivity contribution < 1.29 is 9.53 Å². The highest BCUT2D eigenvalue weighted by molar-refractivity contribution is 5.83. The van der Waals surface area contributed by atoms with Crippen molar-refractivity contribution >= 4 is 5.97 Å². The number of hydrogen-bond donors (Lipinski definition) is 0. The van der Waals surface area contributed by atoms with E-state index in [0.29, 0.717) is 0 Å². The second-order valence-electron chi connectivity index (χ2n) is 1.81. The van der Waals surface area contributed by atoms with Crippen LogP contribution >= 0.6 is 0 Å². The summed E-state index contributed by atoms with van der Waals surface area (Å²) in [5.41, 5.74) is 0. The van der Waals surface area contributed by atoms with E-state index in [1.807, 2.05) is 12.2 Å². The second-order valence-corrected chi connectivity index (χ2v) is 1.81. The predicted octanol–water partition coefficient (Wildman–Crippen LogP) is 0.0978. The molecule has 1 heterocycles. The van der Waals surface area contributed by atoms with Crippen molar-refractivity contribution in [3.05, 3.63) is 12.2 Å². The molecule has 0 aromatic carbocycles. The lowest BCUT2D eigenvalue weighted by Gasteiger charge is -2.36. The van der Waals surface area contributed by atoms with E-state index in [9.17, 15) is 4.79 Å². The molecule has 0 aromatic rings. The van der Waals surface area contributed by atoms with Gasteiger partial charge in [0, 0.05) is 0 Å². The smallest absolute Gasteiger partial charge is 0.317 e. The van der Waals surface area contributed by atoms with E-state index in [1.54, 1.807) is 0 Å². The van der Waals surface area contributed by atoms with E-state index in [4.69, 9.17) is 0 Å². The van der Waals surface area contributed by atoms with Crippen LogP contribution in [0.15, 0.2) is 12.2 Å². The van der Waals surface area contributed by atoms with Gasteiger partial charge in [0.2, 0.25) is 0 Å². The Bertz CT molecular complexity index is 148. The normalized spacial score (nSPS) is 43.1. The monoisotopic (exact) mass is 96.0 g/mol. The van der Waals surface area contributed by atoms with E-state index >= 15 is 0 Å². The molecule has 1 aliphatic carbocycles. The number of carbonyl (C=O) groups excluding carboxylic acids is 1. The molecule has 0 bridgehead atoms. The Morgan fingerprint density at radius 2 is 2.43 bits per heavy atom. The summed E-state index contributed by atoms with van der Waals surface area (Å²) in [4.78, 5) is 10.2. The molecule has 2 aliphatic rings. The van der Waals surface area contributed by atoms with Gasteiger partial charge in [0.05, 0.1) is 0 Å². The Balaban J connectivity index is 2.29. The molecule has 0 amide bonds. The molecule has 1 saturated heterocycles. The van der Waals surface area contributed by atoms with Crippen molar-refractivity contribution in [3.8, 4) is 0 Å². The van der Waals surface area contributed by atoms with Crippen LogP contribution in [0.2, 0.25) is 0 Å². The van der Waals surface area contributed by atoms with Crippen molar-refractivity contribution in [2.75, 3.05) is 0 Å². The van der Waals surface area contributed by atoms with Crippen LogP contribution in [-0.2, 0) is 9.53 Å². The Morgan fingerprint density at radius 1 is 1.57 bits per heavy atom. The zero-order valence-corrected chi connectivity index (χ0v) is 3.63. The van der Waals surface area contributed by atoms with E-state index in [2.05, 4.69) is 4.74 Å². The molecule has 2 nitrogen and oxygen atoms in total. The number of fused-ring (bicyclic) bond motifs is 1. The van der Waals surface area contributed by atoms with Crippen LogP contribution in [0.5, 0.6) is 0 Å². The Labute approximate surface area is 40.8 Å². The third kappa shape index (κ3) is 0.204. The molecule has 0 saturated carbocycles. The summed E-state index contributed by atoms with van der Waals surface area (Å²) in [5, 5.41) is 0. The minimum absolute atomic E-state index is 0.0625. The van der Waals surface area contributed by atoms with Crippen LogP contribution < -0.4 is 0 Å². The predicted molar refractivity (Wildman–Crippen MR) is 22.5 cm³/mol. The fraction of sp³-hybridized carbons (Fsp3) is 0.400. The van der Waals surface area contributed by atoms with E-state index in [1.165, 1.54) is 0 Å². The lowest BCUT2D eigenvalue weighted by Crippen LogP contribution is -2.47. The van der Waals surface area contributed by atoms with Gasteiger partial charge in [-0.3, -0.25) is 4.79 Å². The highest BCUT2D eigenvalue weighted by atomic mass is 16.6. The first-order valence-electron chi connectivity index (χ1n) is 2.27. The lowest BCUT2D eigenvalue weighted by atomic mass is 9.87. The maximum absolute atomic E-state index is 10.2. The van der Waals surface area contributed by atoms with Crippen LogP contribution in [0.25, 0.3) is 0 Å². The highest BCUT2D eigenvalue weighted by Gasteiger charge is 2.44. The number of carbonyl (C=O) groups is 1. The minimum atomic E-state index is -0.0625. The summed E-state index contributed by atoms with van der Waals surface area (Å²) in [6.07, 6.45) is 3.93. The number of rotatable bonds is 0. The van der Waals surface area contributed by atoms with Gasteiger partial charge in [0.15, 0.2) is 0 Å². The zero-order chi connectivity index (χ0) is 4.85. The first-order chi connectivity index (χ1) is 3.38. The molecule has 7 heavy (non-hydrogen) atoms. The molecule has 0 aromatic heterocycles. The van der Waals surface area contributed by atoms with Gasteiger partial charge in [0.1, 0.15) is 12.0 Å². The average Bonchev–Trinajstić information content (AvgIpc) is 1.59. The SMILES string of the molecule is O=C1O[C@H]2C=C[C@@H]12. The highest BCUT2D eigenvalue weighted by Crippen LogP contribution is 2.32. The number of hydrogen-bond acceptors (Lipinski definition) is 2. The van der Waals surface area contributed by atoms with E-state index < -0.39 is 0 Å². The van der Waals surface area contributed by atoms with Gasteiger partial charge in [-0.1, -0.05) is 6.08 Å². The molecule has 1 fully saturated rings. The molecule has 36 valence electrons. The number of ether oxygens (including phenoxy) is 1. The first kappa shape index (κ1) is 3.24. The van der Waals surface area contributed by atoms with Crippen molar-refractivity contribution in [1.29, 1.82) is 0 Å². The molecule has 2 heteroatoms. The largest absolute Gasteiger partial charge is 0.456 e.